The van der Waals surface area contributed by atoms with Gasteiger partial charge in [-0.05, 0) is 70.6 Å². The van der Waals surface area contributed by atoms with Crippen molar-refractivity contribution in [1.29, 1.82) is 0 Å². The third kappa shape index (κ3) is 34.5. The molecule has 0 heterocycles. The van der Waals surface area contributed by atoms with E-state index in [0.29, 0.717) is 19.3 Å². The highest BCUT2D eigenvalue weighted by Gasteiger charge is 2.52. The number of hydrogen-bond donors (Lipinski definition) is 3. The molecule has 3 unspecified atom stereocenters. The summed E-state index contributed by atoms with van der Waals surface area (Å²) in [6.45, 7) is 6.74. The monoisotopic (exact) mass is 859 g/mol. The van der Waals surface area contributed by atoms with Crippen molar-refractivity contribution in [3.63, 3.8) is 0 Å². The van der Waals surface area contributed by atoms with Crippen LogP contribution >= 0.6 is 0 Å². The molecular formula is C55H102O6. The Kier molecular flexibility index (Phi) is 43.8. The van der Waals surface area contributed by atoms with E-state index in [0.717, 1.165) is 96.3 Å². The van der Waals surface area contributed by atoms with Crippen molar-refractivity contribution in [3.05, 3.63) is 24.3 Å². The fraction of sp³-hybridized carbons (Fsp3) is 0.873. The summed E-state index contributed by atoms with van der Waals surface area (Å²) in [6.07, 6.45) is 49.1. The van der Waals surface area contributed by atoms with Gasteiger partial charge < -0.3 is 15.3 Å². The molecule has 0 radical (unpaired) electrons. The lowest BCUT2D eigenvalue weighted by atomic mass is 9.79. The van der Waals surface area contributed by atoms with Gasteiger partial charge in [-0.2, -0.15) is 0 Å². The zero-order chi connectivity index (χ0) is 44.9. The summed E-state index contributed by atoms with van der Waals surface area (Å²) in [6, 6.07) is 0. The predicted octanol–water partition coefficient (Wildman–Crippen LogP) is 15.7. The lowest BCUT2D eigenvalue weighted by Crippen LogP contribution is -2.61. The number of Topliss-reactive ketones (excluding diaryl/α,β-unsaturated/α-hetero) is 3. The van der Waals surface area contributed by atoms with Crippen LogP contribution in [0.5, 0.6) is 0 Å². The van der Waals surface area contributed by atoms with Crippen LogP contribution in [0.25, 0.3) is 0 Å². The van der Waals surface area contributed by atoms with E-state index in [1.165, 1.54) is 135 Å². The minimum absolute atomic E-state index is 0.0436. The zero-order valence-corrected chi connectivity index (χ0v) is 40.7. The standard InChI is InChI=1S/C55H102O6/c1-4-7-10-13-16-19-22-25-27-30-32-35-38-41-44-47-50(56)53(59)54(60)55(61,51(57)48-45-42-39-36-33-29-24-21-18-15-12-9-6-3)52(58)49-46-43-40-37-34-31-28-26-23-20-17-14-11-8-5-2/h25-28,53-54,59-61H,4-24,29-49H2,1-3H3/b27-25-,28-26-. The minimum Gasteiger partial charge on any atom is -0.386 e. The second kappa shape index (κ2) is 45.0. The van der Waals surface area contributed by atoms with E-state index < -0.39 is 35.2 Å². The molecule has 0 aromatic carbocycles. The molecule has 0 saturated heterocycles. The number of unbranched alkanes of at least 4 members (excludes halogenated alkanes) is 34. The molecule has 0 rings (SSSR count). The molecule has 6 nitrogen and oxygen atoms in total. The smallest absolute Gasteiger partial charge is 0.210 e. The summed E-state index contributed by atoms with van der Waals surface area (Å²) in [5, 5.41) is 33.8. The van der Waals surface area contributed by atoms with Crippen LogP contribution in [-0.2, 0) is 14.4 Å². The third-order valence-corrected chi connectivity index (χ3v) is 12.8. The molecule has 0 aliphatic carbocycles. The minimum atomic E-state index is -2.77. The number of aliphatic hydroxyl groups excluding tert-OH is 2. The van der Waals surface area contributed by atoms with Crippen molar-refractivity contribution < 1.29 is 29.7 Å². The maximum atomic E-state index is 13.6. The number of carbonyl (C=O) groups is 3. The van der Waals surface area contributed by atoms with Crippen LogP contribution in [0.3, 0.4) is 0 Å². The van der Waals surface area contributed by atoms with Gasteiger partial charge in [-0.3, -0.25) is 14.4 Å². The maximum Gasteiger partial charge on any atom is 0.210 e. The van der Waals surface area contributed by atoms with E-state index >= 15 is 0 Å². The highest BCUT2D eigenvalue weighted by atomic mass is 16.4. The van der Waals surface area contributed by atoms with E-state index in [4.69, 9.17) is 0 Å². The molecule has 61 heavy (non-hydrogen) atoms. The SMILES string of the molecule is CCCCCCCC/C=C\CCCCCCCC(=O)C(O)C(O)C(O)(C(=O)CCCCCCC/C=C\CCCCCCCC)C(=O)CCCCCCCCCCCCCCC. The lowest BCUT2D eigenvalue weighted by molar-refractivity contribution is -0.174. The Labute approximate surface area is 378 Å². The number of hydrogen-bond acceptors (Lipinski definition) is 6. The first-order valence-electron chi connectivity index (χ1n) is 26.7. The first-order chi connectivity index (χ1) is 29.8. The van der Waals surface area contributed by atoms with Crippen LogP contribution in [0.4, 0.5) is 0 Å². The Morgan fingerprint density at radius 2 is 0.590 bits per heavy atom. The molecule has 3 atom stereocenters. The van der Waals surface area contributed by atoms with Crippen LogP contribution in [0, 0.1) is 0 Å². The van der Waals surface area contributed by atoms with Crippen molar-refractivity contribution in [2.75, 3.05) is 0 Å². The van der Waals surface area contributed by atoms with Gasteiger partial charge in [0.1, 0.15) is 12.2 Å². The largest absolute Gasteiger partial charge is 0.386 e. The first-order valence-corrected chi connectivity index (χ1v) is 26.7. The molecule has 0 aromatic rings. The Morgan fingerprint density at radius 3 is 0.869 bits per heavy atom. The Hall–Kier alpha value is -1.63. The molecule has 0 spiro atoms. The fourth-order valence-corrected chi connectivity index (χ4v) is 8.45. The van der Waals surface area contributed by atoms with Crippen LogP contribution in [0.1, 0.15) is 290 Å². The van der Waals surface area contributed by atoms with Crippen LogP contribution in [0.15, 0.2) is 24.3 Å². The third-order valence-electron chi connectivity index (χ3n) is 12.8. The average molecular weight is 859 g/mol. The van der Waals surface area contributed by atoms with E-state index in [1.807, 2.05) is 0 Å². The average Bonchev–Trinajstić information content (AvgIpc) is 3.26. The predicted molar refractivity (Wildman–Crippen MR) is 261 cm³/mol. The van der Waals surface area contributed by atoms with Gasteiger partial charge in [-0.15, -0.1) is 0 Å². The molecule has 0 saturated carbocycles. The highest BCUT2D eigenvalue weighted by Crippen LogP contribution is 2.26. The zero-order valence-electron chi connectivity index (χ0n) is 40.7. The molecule has 0 amide bonds. The van der Waals surface area contributed by atoms with Crippen LogP contribution < -0.4 is 0 Å². The molecular weight excluding hydrogens is 757 g/mol. The molecule has 0 fully saturated rings. The van der Waals surface area contributed by atoms with E-state index in [2.05, 4.69) is 45.1 Å². The van der Waals surface area contributed by atoms with Crippen molar-refractivity contribution in [1.82, 2.24) is 0 Å². The van der Waals surface area contributed by atoms with Gasteiger partial charge in [0.25, 0.3) is 0 Å². The summed E-state index contributed by atoms with van der Waals surface area (Å²) in [5.41, 5.74) is -2.77. The molecule has 0 aliphatic rings. The molecule has 358 valence electrons. The summed E-state index contributed by atoms with van der Waals surface area (Å²) in [4.78, 5) is 40.2. The Bertz CT molecular complexity index is 1050. The van der Waals surface area contributed by atoms with Gasteiger partial charge in [0.05, 0.1) is 0 Å². The number of carbonyl (C=O) groups excluding carboxylic acids is 3. The lowest BCUT2D eigenvalue weighted by Gasteiger charge is -2.32. The van der Waals surface area contributed by atoms with Gasteiger partial charge in [-0.1, -0.05) is 225 Å². The number of ketones is 3. The molecule has 0 aromatic heterocycles. The van der Waals surface area contributed by atoms with Gasteiger partial charge in [0.2, 0.25) is 5.60 Å². The second-order valence-corrected chi connectivity index (χ2v) is 18.6. The second-order valence-electron chi connectivity index (χ2n) is 18.6. The fourth-order valence-electron chi connectivity index (χ4n) is 8.45. The molecule has 6 heteroatoms. The summed E-state index contributed by atoms with van der Waals surface area (Å²) in [5.74, 6) is -2.16. The summed E-state index contributed by atoms with van der Waals surface area (Å²) >= 11 is 0. The molecule has 0 aliphatic heterocycles. The van der Waals surface area contributed by atoms with Crippen LogP contribution in [-0.4, -0.2) is 50.5 Å². The Balaban J connectivity index is 4.80. The number of aliphatic hydroxyl groups is 3. The van der Waals surface area contributed by atoms with E-state index in [9.17, 15) is 29.7 Å². The topological polar surface area (TPSA) is 112 Å². The van der Waals surface area contributed by atoms with Gasteiger partial charge in [0, 0.05) is 19.3 Å². The van der Waals surface area contributed by atoms with E-state index in [-0.39, 0.29) is 19.3 Å². The van der Waals surface area contributed by atoms with Crippen molar-refractivity contribution in [3.8, 4) is 0 Å². The molecule has 0 bridgehead atoms. The number of rotatable bonds is 49. The van der Waals surface area contributed by atoms with Crippen molar-refractivity contribution >= 4 is 17.3 Å². The van der Waals surface area contributed by atoms with Crippen LogP contribution in [0.2, 0.25) is 0 Å². The highest BCUT2D eigenvalue weighted by molar-refractivity contribution is 6.11. The summed E-state index contributed by atoms with van der Waals surface area (Å²) < 4.78 is 0. The number of allylic oxidation sites excluding steroid dienone is 4. The maximum absolute atomic E-state index is 13.6. The Morgan fingerprint density at radius 1 is 0.361 bits per heavy atom. The van der Waals surface area contributed by atoms with Gasteiger partial charge >= 0.3 is 0 Å². The first kappa shape index (κ1) is 59.4. The van der Waals surface area contributed by atoms with Gasteiger partial charge in [-0.25, -0.2) is 0 Å². The van der Waals surface area contributed by atoms with Gasteiger partial charge in [0.15, 0.2) is 17.3 Å². The quantitative estimate of drug-likeness (QED) is 0.0319. The van der Waals surface area contributed by atoms with E-state index in [1.54, 1.807) is 0 Å². The van der Waals surface area contributed by atoms with Crippen molar-refractivity contribution in [2.24, 2.45) is 0 Å². The normalized spacial score (nSPS) is 13.9. The van der Waals surface area contributed by atoms with Crippen molar-refractivity contribution in [2.45, 2.75) is 308 Å². The summed E-state index contributed by atoms with van der Waals surface area (Å²) in [7, 11) is 0. The molecule has 3 N–H and O–H groups in total.